The summed E-state index contributed by atoms with van der Waals surface area (Å²) >= 11 is 0. The van der Waals surface area contributed by atoms with E-state index in [1.807, 2.05) is 6.07 Å². The SMILES string of the molecule is CCN1CC[C@@H]2C[C@@H](N3CCOCC3)CC[C@@]2(C(=O)NCc2cc(C(C)C)on2)C1. The lowest BCUT2D eigenvalue weighted by Gasteiger charge is -2.53. The van der Waals surface area contributed by atoms with Gasteiger partial charge in [-0.2, -0.15) is 0 Å². The quantitative estimate of drug-likeness (QED) is 0.766. The molecule has 1 aromatic rings. The number of likely N-dealkylation sites (tertiary alicyclic amines) is 1. The standard InChI is InChI=1S/C23H38N4O3/c1-4-26-8-6-18-13-20(27-9-11-29-12-10-27)5-7-23(18,16-26)22(28)24-15-19-14-21(17(2)3)30-25-19/h14,17-18,20H,4-13,15-16H2,1-3H3,(H,24,28)/t18-,20+,23-/m1/s1. The Morgan fingerprint density at radius 3 is 2.80 bits per heavy atom. The molecule has 3 atom stereocenters. The van der Waals surface area contributed by atoms with Gasteiger partial charge in [-0.15, -0.1) is 0 Å². The molecule has 0 radical (unpaired) electrons. The highest BCUT2D eigenvalue weighted by Crippen LogP contribution is 2.47. The second-order valence-corrected chi connectivity index (χ2v) is 9.65. The van der Waals surface area contributed by atoms with Crippen LogP contribution in [0, 0.1) is 11.3 Å². The Morgan fingerprint density at radius 1 is 1.30 bits per heavy atom. The molecule has 1 aliphatic carbocycles. The van der Waals surface area contributed by atoms with Crippen LogP contribution < -0.4 is 5.32 Å². The molecule has 7 nitrogen and oxygen atoms in total. The maximum Gasteiger partial charge on any atom is 0.228 e. The van der Waals surface area contributed by atoms with Crippen LogP contribution in [-0.4, -0.2) is 72.8 Å². The Labute approximate surface area is 180 Å². The molecule has 1 aromatic heterocycles. The predicted octanol–water partition coefficient (Wildman–Crippen LogP) is 2.63. The van der Waals surface area contributed by atoms with Crippen LogP contribution in [0.3, 0.4) is 0 Å². The molecule has 7 heteroatoms. The Hall–Kier alpha value is -1.44. The number of ether oxygens (including phenoxy) is 1. The van der Waals surface area contributed by atoms with Gasteiger partial charge in [0, 0.05) is 37.7 Å². The van der Waals surface area contributed by atoms with E-state index in [4.69, 9.17) is 9.26 Å². The lowest BCUT2D eigenvalue weighted by molar-refractivity contribution is -0.145. The van der Waals surface area contributed by atoms with E-state index in [1.54, 1.807) is 0 Å². The zero-order valence-electron chi connectivity index (χ0n) is 18.9. The van der Waals surface area contributed by atoms with Crippen molar-refractivity contribution in [2.75, 3.05) is 45.9 Å². The van der Waals surface area contributed by atoms with Crippen LogP contribution in [0.1, 0.15) is 63.8 Å². The molecule has 1 amide bonds. The minimum absolute atomic E-state index is 0.208. The fourth-order valence-electron chi connectivity index (χ4n) is 5.66. The third kappa shape index (κ3) is 4.43. The summed E-state index contributed by atoms with van der Waals surface area (Å²) < 4.78 is 10.9. The van der Waals surface area contributed by atoms with Crippen LogP contribution in [0.15, 0.2) is 10.6 Å². The summed E-state index contributed by atoms with van der Waals surface area (Å²) in [6.07, 6.45) is 4.32. The van der Waals surface area contributed by atoms with Gasteiger partial charge in [-0.05, 0) is 44.7 Å². The van der Waals surface area contributed by atoms with E-state index in [0.717, 1.165) is 83.1 Å². The third-order valence-electron chi connectivity index (χ3n) is 7.60. The van der Waals surface area contributed by atoms with Gasteiger partial charge >= 0.3 is 0 Å². The molecule has 2 saturated heterocycles. The molecule has 168 valence electrons. The number of fused-ring (bicyclic) bond motifs is 1. The second-order valence-electron chi connectivity index (χ2n) is 9.65. The molecule has 1 saturated carbocycles. The van der Waals surface area contributed by atoms with Crippen molar-refractivity contribution < 1.29 is 14.1 Å². The zero-order chi connectivity index (χ0) is 21.1. The molecule has 0 unspecified atom stereocenters. The number of hydrogen-bond acceptors (Lipinski definition) is 6. The molecule has 30 heavy (non-hydrogen) atoms. The third-order valence-corrected chi connectivity index (χ3v) is 7.60. The summed E-state index contributed by atoms with van der Waals surface area (Å²) in [7, 11) is 0. The van der Waals surface area contributed by atoms with Gasteiger partial charge in [0.05, 0.1) is 25.2 Å². The van der Waals surface area contributed by atoms with Crippen molar-refractivity contribution in [2.24, 2.45) is 11.3 Å². The molecule has 3 fully saturated rings. The molecular formula is C23H38N4O3. The molecule has 3 heterocycles. The lowest BCUT2D eigenvalue weighted by Crippen LogP contribution is -2.60. The minimum atomic E-state index is -0.276. The van der Waals surface area contributed by atoms with E-state index in [2.05, 4.69) is 41.0 Å². The van der Waals surface area contributed by atoms with Gasteiger partial charge in [0.1, 0.15) is 11.5 Å². The number of amides is 1. The van der Waals surface area contributed by atoms with Crippen LogP contribution in [-0.2, 0) is 16.1 Å². The fraction of sp³-hybridized carbons (Fsp3) is 0.826. The number of nitrogens with one attached hydrogen (secondary N) is 1. The monoisotopic (exact) mass is 418 g/mol. The van der Waals surface area contributed by atoms with E-state index in [9.17, 15) is 4.79 Å². The summed E-state index contributed by atoms with van der Waals surface area (Å²) in [5.74, 6) is 1.83. The van der Waals surface area contributed by atoms with E-state index in [1.165, 1.54) is 0 Å². The van der Waals surface area contributed by atoms with Gasteiger partial charge in [0.25, 0.3) is 0 Å². The van der Waals surface area contributed by atoms with Gasteiger partial charge in [-0.3, -0.25) is 9.69 Å². The summed E-state index contributed by atoms with van der Waals surface area (Å²) in [5, 5.41) is 7.37. The molecule has 0 spiro atoms. The molecular weight excluding hydrogens is 380 g/mol. The number of aromatic nitrogens is 1. The highest BCUT2D eigenvalue weighted by atomic mass is 16.5. The smallest absolute Gasteiger partial charge is 0.228 e. The van der Waals surface area contributed by atoms with E-state index in [0.29, 0.717) is 24.4 Å². The van der Waals surface area contributed by atoms with Gasteiger partial charge in [0.2, 0.25) is 5.91 Å². The van der Waals surface area contributed by atoms with Crippen molar-refractivity contribution in [1.29, 1.82) is 0 Å². The molecule has 1 N–H and O–H groups in total. The summed E-state index contributed by atoms with van der Waals surface area (Å²) in [4.78, 5) is 18.6. The normalized spacial score (nSPS) is 30.9. The molecule has 4 rings (SSSR count). The van der Waals surface area contributed by atoms with Crippen molar-refractivity contribution in [1.82, 2.24) is 20.3 Å². The summed E-state index contributed by atoms with van der Waals surface area (Å²) in [6.45, 7) is 13.6. The highest BCUT2D eigenvalue weighted by molar-refractivity contribution is 5.83. The highest BCUT2D eigenvalue weighted by Gasteiger charge is 2.52. The minimum Gasteiger partial charge on any atom is -0.379 e. The summed E-state index contributed by atoms with van der Waals surface area (Å²) in [5.41, 5.74) is 0.534. The van der Waals surface area contributed by atoms with Gasteiger partial charge in [0.15, 0.2) is 0 Å². The molecule has 3 aliphatic rings. The maximum absolute atomic E-state index is 13.6. The number of rotatable bonds is 6. The van der Waals surface area contributed by atoms with E-state index >= 15 is 0 Å². The number of piperidine rings is 1. The van der Waals surface area contributed by atoms with Crippen molar-refractivity contribution in [3.8, 4) is 0 Å². The van der Waals surface area contributed by atoms with Crippen LogP contribution in [0.2, 0.25) is 0 Å². The lowest BCUT2D eigenvalue weighted by atomic mass is 9.61. The molecule has 2 aliphatic heterocycles. The van der Waals surface area contributed by atoms with Crippen molar-refractivity contribution >= 4 is 5.91 Å². The van der Waals surface area contributed by atoms with Gasteiger partial charge in [-0.1, -0.05) is 25.9 Å². The molecule has 0 aromatic carbocycles. The predicted molar refractivity (Wildman–Crippen MR) is 115 cm³/mol. The summed E-state index contributed by atoms with van der Waals surface area (Å²) in [6, 6.07) is 2.56. The first kappa shape index (κ1) is 21.8. The average molecular weight is 419 g/mol. The number of nitrogens with zero attached hydrogens (tertiary/aromatic N) is 3. The van der Waals surface area contributed by atoms with Gasteiger partial charge < -0.3 is 19.5 Å². The average Bonchev–Trinajstić information content (AvgIpc) is 3.26. The number of hydrogen-bond donors (Lipinski definition) is 1. The number of carbonyl (C=O) groups excluding carboxylic acids is 1. The van der Waals surface area contributed by atoms with Crippen LogP contribution >= 0.6 is 0 Å². The van der Waals surface area contributed by atoms with Crippen LogP contribution in [0.5, 0.6) is 0 Å². The fourth-order valence-corrected chi connectivity index (χ4v) is 5.66. The van der Waals surface area contributed by atoms with E-state index < -0.39 is 0 Å². The van der Waals surface area contributed by atoms with E-state index in [-0.39, 0.29) is 11.3 Å². The Morgan fingerprint density at radius 2 is 2.10 bits per heavy atom. The number of carbonyl (C=O) groups is 1. The maximum atomic E-state index is 13.6. The first-order valence-corrected chi connectivity index (χ1v) is 11.8. The Bertz CT molecular complexity index is 715. The van der Waals surface area contributed by atoms with Crippen LogP contribution in [0.25, 0.3) is 0 Å². The Kier molecular flexibility index (Phi) is 6.80. The zero-order valence-corrected chi connectivity index (χ0v) is 18.9. The van der Waals surface area contributed by atoms with Crippen molar-refractivity contribution in [3.05, 3.63) is 17.5 Å². The topological polar surface area (TPSA) is 70.8 Å². The number of morpholine rings is 1. The van der Waals surface area contributed by atoms with Crippen molar-refractivity contribution in [3.63, 3.8) is 0 Å². The van der Waals surface area contributed by atoms with Crippen LogP contribution in [0.4, 0.5) is 0 Å². The second kappa shape index (κ2) is 9.37. The molecule has 0 bridgehead atoms. The first-order chi connectivity index (χ1) is 14.5. The first-order valence-electron chi connectivity index (χ1n) is 11.8. The largest absolute Gasteiger partial charge is 0.379 e. The Balaban J connectivity index is 1.44. The van der Waals surface area contributed by atoms with Gasteiger partial charge in [-0.25, -0.2) is 0 Å². The van der Waals surface area contributed by atoms with Crippen molar-refractivity contribution in [2.45, 2.75) is 65.0 Å².